The van der Waals surface area contributed by atoms with Crippen LogP contribution in [0.1, 0.15) is 25.1 Å². The molecular weight excluding hydrogens is 265 g/mol. The molecule has 0 aliphatic carbocycles. The third-order valence-corrected chi connectivity index (χ3v) is 3.24. The zero-order chi connectivity index (χ0) is 15.8. The summed E-state index contributed by atoms with van der Waals surface area (Å²) in [6.07, 6.45) is 0. The van der Waals surface area contributed by atoms with Crippen molar-refractivity contribution in [3.63, 3.8) is 0 Å². The van der Waals surface area contributed by atoms with Crippen molar-refractivity contribution in [2.75, 3.05) is 27.2 Å². The third kappa shape index (κ3) is 5.06. The van der Waals surface area contributed by atoms with Crippen LogP contribution in [0, 0.1) is 12.7 Å². The van der Waals surface area contributed by atoms with Crippen molar-refractivity contribution < 1.29 is 4.39 Å². The Morgan fingerprint density at radius 2 is 1.95 bits per heavy atom. The Balaban J connectivity index is 0.00000106. The second-order valence-electron chi connectivity index (χ2n) is 4.93. The topological polar surface area (TPSA) is 28.2 Å². The predicted octanol–water partition coefficient (Wildman–Crippen LogP) is 3.36. The van der Waals surface area contributed by atoms with Crippen molar-refractivity contribution in [2.24, 2.45) is 0 Å². The monoisotopic (exact) mass is 291 g/mol. The van der Waals surface area contributed by atoms with Crippen LogP contribution in [0.15, 0.2) is 24.3 Å². The highest BCUT2D eigenvalue weighted by atomic mass is 19.1. The summed E-state index contributed by atoms with van der Waals surface area (Å²) in [5, 5.41) is 4.11. The lowest BCUT2D eigenvalue weighted by molar-refractivity contribution is 0.324. The van der Waals surface area contributed by atoms with Gasteiger partial charge in [-0.25, -0.2) is 4.39 Å². The average molecular weight is 291 g/mol. The Hall–Kier alpha value is -1.52. The molecule has 0 aliphatic heterocycles. The van der Waals surface area contributed by atoms with Crippen LogP contribution in [0.3, 0.4) is 0 Å². The van der Waals surface area contributed by atoms with Crippen LogP contribution in [0.25, 0.3) is 10.9 Å². The minimum absolute atomic E-state index is 0.238. The molecule has 0 saturated heterocycles. The van der Waals surface area contributed by atoms with Gasteiger partial charge in [-0.3, -0.25) is 9.88 Å². The molecule has 1 aromatic heterocycles. The van der Waals surface area contributed by atoms with E-state index in [2.05, 4.69) is 35.2 Å². The summed E-state index contributed by atoms with van der Waals surface area (Å²) in [6.45, 7) is 8.73. The minimum atomic E-state index is -0.238. The summed E-state index contributed by atoms with van der Waals surface area (Å²) in [6, 6.07) is 6.82. The number of nitrogens with one attached hydrogen (secondary N) is 1. The van der Waals surface area contributed by atoms with Crippen LogP contribution in [0.4, 0.5) is 4.39 Å². The maximum Gasteiger partial charge on any atom is 0.125 e. The maximum atomic E-state index is 13.2. The van der Waals surface area contributed by atoms with E-state index < -0.39 is 0 Å². The molecule has 1 heterocycles. The zero-order valence-electron chi connectivity index (χ0n) is 13.7. The number of nitrogens with zero attached hydrogens (tertiary/aromatic N) is 2. The number of aryl methyl sites for hydroxylation is 1. The molecule has 3 nitrogen and oxygen atoms in total. The number of benzene rings is 1. The predicted molar refractivity (Wildman–Crippen MR) is 88.0 cm³/mol. The fourth-order valence-corrected chi connectivity index (χ4v) is 2.08. The fourth-order valence-electron chi connectivity index (χ4n) is 2.08. The van der Waals surface area contributed by atoms with Gasteiger partial charge < -0.3 is 5.32 Å². The number of fused-ring (bicyclic) bond motifs is 1. The van der Waals surface area contributed by atoms with E-state index in [9.17, 15) is 4.39 Å². The Bertz CT molecular complexity index is 569. The maximum absolute atomic E-state index is 13.2. The molecule has 0 spiro atoms. The first-order chi connectivity index (χ1) is 10.1. The van der Waals surface area contributed by atoms with Gasteiger partial charge in [-0.1, -0.05) is 13.8 Å². The Labute approximate surface area is 127 Å². The van der Waals surface area contributed by atoms with Crippen LogP contribution in [0.2, 0.25) is 0 Å². The molecule has 0 atom stereocenters. The van der Waals surface area contributed by atoms with E-state index in [-0.39, 0.29) is 5.82 Å². The van der Waals surface area contributed by atoms with Gasteiger partial charge in [0, 0.05) is 31.1 Å². The van der Waals surface area contributed by atoms with Crippen molar-refractivity contribution in [1.82, 2.24) is 15.2 Å². The molecule has 21 heavy (non-hydrogen) atoms. The number of aromatic nitrogens is 1. The first kappa shape index (κ1) is 17.5. The number of rotatable bonds is 5. The van der Waals surface area contributed by atoms with Crippen LogP contribution in [-0.4, -0.2) is 37.1 Å². The summed E-state index contributed by atoms with van der Waals surface area (Å²) in [4.78, 5) is 6.79. The SMILES string of the molecule is CC.CNCCN(C)Cc1nc2cc(F)ccc2cc1C. The molecule has 2 rings (SSSR count). The van der Waals surface area contributed by atoms with E-state index in [0.29, 0.717) is 0 Å². The lowest BCUT2D eigenvalue weighted by Gasteiger charge is -2.17. The van der Waals surface area contributed by atoms with E-state index in [1.165, 1.54) is 12.1 Å². The lowest BCUT2D eigenvalue weighted by atomic mass is 10.1. The normalized spacial score (nSPS) is 10.6. The van der Waals surface area contributed by atoms with E-state index in [1.807, 2.05) is 20.9 Å². The van der Waals surface area contributed by atoms with Crippen molar-refractivity contribution in [3.8, 4) is 0 Å². The number of halogens is 1. The quantitative estimate of drug-likeness (QED) is 0.915. The molecule has 4 heteroatoms. The standard InChI is InChI=1S/C15H20FN3.C2H6/c1-11-8-12-4-5-13(16)9-14(12)18-15(11)10-19(3)7-6-17-2;1-2/h4-5,8-9,17H,6-7,10H2,1-3H3;1-2H3. The van der Waals surface area contributed by atoms with Crippen LogP contribution in [-0.2, 0) is 6.54 Å². The van der Waals surface area contributed by atoms with Crippen LogP contribution >= 0.6 is 0 Å². The molecule has 116 valence electrons. The number of hydrogen-bond donors (Lipinski definition) is 1. The highest BCUT2D eigenvalue weighted by molar-refractivity contribution is 5.79. The number of likely N-dealkylation sites (N-methyl/N-ethyl adjacent to an activating group) is 2. The molecule has 0 amide bonds. The first-order valence-corrected chi connectivity index (χ1v) is 7.49. The summed E-state index contributed by atoms with van der Waals surface area (Å²) < 4.78 is 13.2. The summed E-state index contributed by atoms with van der Waals surface area (Å²) in [7, 11) is 4.00. The van der Waals surface area contributed by atoms with E-state index in [1.54, 1.807) is 6.07 Å². The van der Waals surface area contributed by atoms with Crippen molar-refractivity contribution in [3.05, 3.63) is 41.3 Å². The largest absolute Gasteiger partial charge is 0.318 e. The van der Waals surface area contributed by atoms with Crippen molar-refractivity contribution in [2.45, 2.75) is 27.3 Å². The van der Waals surface area contributed by atoms with Gasteiger partial charge in [-0.15, -0.1) is 0 Å². The van der Waals surface area contributed by atoms with Gasteiger partial charge in [0.1, 0.15) is 5.82 Å². The highest BCUT2D eigenvalue weighted by Crippen LogP contribution is 2.18. The van der Waals surface area contributed by atoms with Gasteiger partial charge in [0.05, 0.1) is 11.2 Å². The van der Waals surface area contributed by atoms with Crippen molar-refractivity contribution >= 4 is 10.9 Å². The molecule has 1 aromatic carbocycles. The van der Waals surface area contributed by atoms with Gasteiger partial charge in [-0.05, 0) is 44.8 Å². The lowest BCUT2D eigenvalue weighted by Crippen LogP contribution is -2.27. The van der Waals surface area contributed by atoms with Gasteiger partial charge in [0.15, 0.2) is 0 Å². The first-order valence-electron chi connectivity index (χ1n) is 7.49. The molecule has 0 unspecified atom stereocenters. The molecular formula is C17H26FN3. The van der Waals surface area contributed by atoms with Crippen LogP contribution < -0.4 is 5.32 Å². The number of hydrogen-bond acceptors (Lipinski definition) is 3. The van der Waals surface area contributed by atoms with Gasteiger partial charge in [0.2, 0.25) is 0 Å². The molecule has 0 aliphatic rings. The average Bonchev–Trinajstić information content (AvgIpc) is 2.48. The summed E-state index contributed by atoms with van der Waals surface area (Å²) >= 11 is 0. The highest BCUT2D eigenvalue weighted by Gasteiger charge is 2.07. The second-order valence-corrected chi connectivity index (χ2v) is 4.93. The van der Waals surface area contributed by atoms with Crippen LogP contribution in [0.5, 0.6) is 0 Å². The smallest absolute Gasteiger partial charge is 0.125 e. The van der Waals surface area contributed by atoms with E-state index >= 15 is 0 Å². The molecule has 0 fully saturated rings. The Kier molecular flexibility index (Phi) is 7.26. The second kappa shape index (κ2) is 8.70. The molecule has 0 bridgehead atoms. The molecule has 2 aromatic rings. The fraction of sp³-hybridized carbons (Fsp3) is 0.471. The van der Waals surface area contributed by atoms with E-state index in [4.69, 9.17) is 0 Å². The zero-order valence-corrected chi connectivity index (χ0v) is 13.7. The Morgan fingerprint density at radius 1 is 1.24 bits per heavy atom. The van der Waals surface area contributed by atoms with Gasteiger partial charge >= 0.3 is 0 Å². The molecule has 1 N–H and O–H groups in total. The van der Waals surface area contributed by atoms with Crippen molar-refractivity contribution in [1.29, 1.82) is 0 Å². The Morgan fingerprint density at radius 3 is 2.62 bits per heavy atom. The summed E-state index contributed by atoms with van der Waals surface area (Å²) in [5.41, 5.74) is 2.88. The third-order valence-electron chi connectivity index (χ3n) is 3.24. The van der Waals surface area contributed by atoms with Gasteiger partial charge in [-0.2, -0.15) is 0 Å². The minimum Gasteiger partial charge on any atom is -0.318 e. The number of pyridine rings is 1. The van der Waals surface area contributed by atoms with Gasteiger partial charge in [0.25, 0.3) is 0 Å². The van der Waals surface area contributed by atoms with E-state index in [0.717, 1.165) is 41.8 Å². The molecule has 0 saturated carbocycles. The summed E-state index contributed by atoms with van der Waals surface area (Å²) in [5.74, 6) is -0.238. The molecule has 0 radical (unpaired) electrons.